The Morgan fingerprint density at radius 1 is 1.27 bits per heavy atom. The minimum Gasteiger partial charge on any atom is -0.497 e. The van der Waals surface area contributed by atoms with Gasteiger partial charge < -0.3 is 9.47 Å². The van der Waals surface area contributed by atoms with Crippen molar-refractivity contribution < 1.29 is 9.47 Å². The summed E-state index contributed by atoms with van der Waals surface area (Å²) in [6.45, 7) is 2.21. The van der Waals surface area contributed by atoms with Gasteiger partial charge in [0.15, 0.2) is 0 Å². The maximum atomic E-state index is 5.34. The molecule has 3 heteroatoms. The predicted octanol–water partition coefficient (Wildman–Crippen LogP) is 3.28. The van der Waals surface area contributed by atoms with E-state index in [0.717, 1.165) is 23.2 Å². The van der Waals surface area contributed by atoms with E-state index in [-0.39, 0.29) is 0 Å². The molecule has 0 fully saturated rings. The highest BCUT2D eigenvalue weighted by Crippen LogP contribution is 2.26. The Bertz CT molecular complexity index is 312. The lowest BCUT2D eigenvalue weighted by Gasteiger charge is -2.13. The first-order valence-corrected chi connectivity index (χ1v) is 6.10. The number of methoxy groups -OCH3 is 2. The van der Waals surface area contributed by atoms with Gasteiger partial charge in [0.2, 0.25) is 0 Å². The van der Waals surface area contributed by atoms with Crippen LogP contribution in [0, 0.1) is 5.92 Å². The summed E-state index contributed by atoms with van der Waals surface area (Å²) in [5, 5.41) is 1.00. The van der Waals surface area contributed by atoms with E-state index in [1.54, 1.807) is 14.2 Å². The summed E-state index contributed by atoms with van der Waals surface area (Å²) in [4.78, 5) is 0. The van der Waals surface area contributed by atoms with E-state index in [2.05, 4.69) is 28.9 Å². The van der Waals surface area contributed by atoms with Crippen LogP contribution in [0.5, 0.6) is 11.5 Å². The van der Waals surface area contributed by atoms with Crippen molar-refractivity contribution in [1.29, 1.82) is 0 Å². The van der Waals surface area contributed by atoms with Gasteiger partial charge in [-0.15, -0.1) is 0 Å². The van der Waals surface area contributed by atoms with Crippen LogP contribution in [0.15, 0.2) is 18.2 Å². The number of halogens is 1. The Kier molecular flexibility index (Phi) is 4.95. The Morgan fingerprint density at radius 3 is 2.53 bits per heavy atom. The zero-order chi connectivity index (χ0) is 11.3. The molecule has 1 unspecified atom stereocenters. The first kappa shape index (κ1) is 12.4. The summed E-state index contributed by atoms with van der Waals surface area (Å²) in [6, 6.07) is 5.96. The molecule has 0 aliphatic heterocycles. The van der Waals surface area contributed by atoms with Crippen LogP contribution in [0.1, 0.15) is 12.5 Å². The Balaban J connectivity index is 2.87. The molecule has 0 aromatic heterocycles. The number of rotatable bonds is 5. The van der Waals surface area contributed by atoms with Gasteiger partial charge in [0.05, 0.1) is 14.2 Å². The van der Waals surface area contributed by atoms with E-state index in [9.17, 15) is 0 Å². The van der Waals surface area contributed by atoms with E-state index >= 15 is 0 Å². The molecule has 1 rings (SSSR count). The van der Waals surface area contributed by atoms with Crippen molar-refractivity contribution in [2.45, 2.75) is 13.3 Å². The first-order chi connectivity index (χ1) is 7.21. The number of ether oxygens (including phenoxy) is 2. The van der Waals surface area contributed by atoms with Crippen LogP contribution in [0.4, 0.5) is 0 Å². The lowest BCUT2D eigenvalue weighted by Crippen LogP contribution is -2.02. The molecule has 0 radical (unpaired) electrons. The van der Waals surface area contributed by atoms with Gasteiger partial charge in [0.25, 0.3) is 0 Å². The molecule has 0 N–H and O–H groups in total. The zero-order valence-corrected chi connectivity index (χ0v) is 11.0. The number of hydrogen-bond acceptors (Lipinski definition) is 2. The molecule has 0 aliphatic rings. The first-order valence-electron chi connectivity index (χ1n) is 4.98. The lowest BCUT2D eigenvalue weighted by molar-refractivity contribution is 0.389. The summed E-state index contributed by atoms with van der Waals surface area (Å²) in [5.41, 5.74) is 1.23. The van der Waals surface area contributed by atoms with Gasteiger partial charge in [-0.25, -0.2) is 0 Å². The Hall–Kier alpha value is -0.700. The molecule has 15 heavy (non-hydrogen) atoms. The molecule has 1 aromatic carbocycles. The monoisotopic (exact) mass is 272 g/mol. The lowest BCUT2D eigenvalue weighted by atomic mass is 10.0. The minimum absolute atomic E-state index is 0.604. The highest BCUT2D eigenvalue weighted by molar-refractivity contribution is 9.09. The number of hydrogen-bond donors (Lipinski definition) is 0. The van der Waals surface area contributed by atoms with Crippen molar-refractivity contribution in [3.05, 3.63) is 23.8 Å². The van der Waals surface area contributed by atoms with Crippen LogP contribution in [0.3, 0.4) is 0 Å². The molecule has 0 heterocycles. The molecular formula is C12H17BrO2. The Morgan fingerprint density at radius 2 is 2.00 bits per heavy atom. The standard InChI is InChI=1S/C12H17BrO2/c1-9(8-13)6-10-4-5-11(14-2)7-12(10)15-3/h4-5,7,9H,6,8H2,1-3H3. The summed E-state index contributed by atoms with van der Waals surface area (Å²) in [6.07, 6.45) is 1.01. The van der Waals surface area contributed by atoms with Gasteiger partial charge in [-0.1, -0.05) is 28.9 Å². The second-order valence-electron chi connectivity index (χ2n) is 3.64. The quantitative estimate of drug-likeness (QED) is 0.766. The summed E-state index contributed by atoms with van der Waals surface area (Å²) in [7, 11) is 3.35. The zero-order valence-electron chi connectivity index (χ0n) is 9.42. The minimum atomic E-state index is 0.604. The van der Waals surface area contributed by atoms with E-state index < -0.39 is 0 Å². The van der Waals surface area contributed by atoms with E-state index in [1.807, 2.05) is 12.1 Å². The highest BCUT2D eigenvalue weighted by Gasteiger charge is 2.08. The second kappa shape index (κ2) is 6.01. The van der Waals surface area contributed by atoms with E-state index in [1.165, 1.54) is 5.56 Å². The van der Waals surface area contributed by atoms with Gasteiger partial charge in [-0.3, -0.25) is 0 Å². The van der Waals surface area contributed by atoms with Crippen molar-refractivity contribution >= 4 is 15.9 Å². The molecule has 2 nitrogen and oxygen atoms in total. The van der Waals surface area contributed by atoms with Gasteiger partial charge >= 0.3 is 0 Å². The fraction of sp³-hybridized carbons (Fsp3) is 0.500. The molecule has 0 saturated carbocycles. The molecule has 0 saturated heterocycles. The normalized spacial score (nSPS) is 12.3. The van der Waals surface area contributed by atoms with Crippen LogP contribution in [0.25, 0.3) is 0 Å². The molecule has 1 aromatic rings. The van der Waals surface area contributed by atoms with Crippen molar-refractivity contribution in [3.63, 3.8) is 0 Å². The number of alkyl halides is 1. The van der Waals surface area contributed by atoms with Crippen LogP contribution in [-0.2, 0) is 6.42 Å². The smallest absolute Gasteiger partial charge is 0.125 e. The highest BCUT2D eigenvalue weighted by atomic mass is 79.9. The average molecular weight is 273 g/mol. The fourth-order valence-electron chi connectivity index (χ4n) is 1.45. The molecule has 0 amide bonds. The maximum absolute atomic E-state index is 5.34. The van der Waals surface area contributed by atoms with Crippen LogP contribution >= 0.6 is 15.9 Å². The third kappa shape index (κ3) is 3.42. The van der Waals surface area contributed by atoms with Gasteiger partial charge in [-0.2, -0.15) is 0 Å². The summed E-state index contributed by atoms with van der Waals surface area (Å²) >= 11 is 3.48. The SMILES string of the molecule is COc1ccc(CC(C)CBr)c(OC)c1. The van der Waals surface area contributed by atoms with Crippen LogP contribution in [-0.4, -0.2) is 19.5 Å². The topological polar surface area (TPSA) is 18.5 Å². The van der Waals surface area contributed by atoms with E-state index in [0.29, 0.717) is 5.92 Å². The molecule has 1 atom stereocenters. The second-order valence-corrected chi connectivity index (χ2v) is 4.29. The van der Waals surface area contributed by atoms with Crippen LogP contribution < -0.4 is 9.47 Å². The molecular weight excluding hydrogens is 256 g/mol. The molecule has 0 aliphatic carbocycles. The molecule has 0 spiro atoms. The Labute approximate surface area is 99.7 Å². The summed E-state index contributed by atoms with van der Waals surface area (Å²) in [5.74, 6) is 2.34. The van der Waals surface area contributed by atoms with Crippen molar-refractivity contribution in [2.75, 3.05) is 19.5 Å². The third-order valence-electron chi connectivity index (χ3n) is 2.33. The summed E-state index contributed by atoms with van der Waals surface area (Å²) < 4.78 is 10.5. The van der Waals surface area contributed by atoms with Crippen LogP contribution in [0.2, 0.25) is 0 Å². The van der Waals surface area contributed by atoms with Gasteiger partial charge in [-0.05, 0) is 24.0 Å². The largest absolute Gasteiger partial charge is 0.497 e. The third-order valence-corrected chi connectivity index (χ3v) is 3.43. The van der Waals surface area contributed by atoms with Gasteiger partial charge in [0, 0.05) is 11.4 Å². The van der Waals surface area contributed by atoms with Crippen molar-refractivity contribution in [1.82, 2.24) is 0 Å². The average Bonchev–Trinajstić information content (AvgIpc) is 2.29. The fourth-order valence-corrected chi connectivity index (χ4v) is 1.68. The molecule has 84 valence electrons. The maximum Gasteiger partial charge on any atom is 0.125 e. The van der Waals surface area contributed by atoms with Gasteiger partial charge in [0.1, 0.15) is 11.5 Å². The predicted molar refractivity (Wildman–Crippen MR) is 66.2 cm³/mol. The van der Waals surface area contributed by atoms with E-state index in [4.69, 9.17) is 9.47 Å². The van der Waals surface area contributed by atoms with Crippen molar-refractivity contribution in [2.24, 2.45) is 5.92 Å². The molecule has 0 bridgehead atoms. The number of benzene rings is 1. The van der Waals surface area contributed by atoms with Crippen molar-refractivity contribution in [3.8, 4) is 11.5 Å².